The van der Waals surface area contributed by atoms with Crippen molar-refractivity contribution in [2.75, 3.05) is 0 Å². The number of allylic oxidation sites excluding steroid dienone is 4. The third-order valence-electron chi connectivity index (χ3n) is 4.63. The predicted octanol–water partition coefficient (Wildman–Crippen LogP) is 4.34. The van der Waals surface area contributed by atoms with E-state index in [0.717, 1.165) is 48.0 Å². The number of fused-ring (bicyclic) bond motifs is 1. The van der Waals surface area contributed by atoms with Crippen LogP contribution in [0.4, 0.5) is 0 Å². The number of nitriles is 2. The van der Waals surface area contributed by atoms with Crippen LogP contribution in [-0.2, 0) is 0 Å². The van der Waals surface area contributed by atoms with Gasteiger partial charge in [0.1, 0.15) is 6.04 Å². The topological polar surface area (TPSA) is 77.4 Å². The number of nitrogens with zero attached hydrogens (tertiary/aromatic N) is 4. The lowest BCUT2D eigenvalue weighted by atomic mass is 9.91. The minimum absolute atomic E-state index is 0.465. The van der Waals surface area contributed by atoms with E-state index < -0.39 is 6.04 Å². The SMILES string of the molecule is CCCCCC1=C(C#N)C(n2ncc3ccccc32)C(C#N)=C(C)N1. The monoisotopic (exact) mass is 331 g/mol. The van der Waals surface area contributed by atoms with Crippen molar-refractivity contribution in [2.24, 2.45) is 0 Å². The molecule has 25 heavy (non-hydrogen) atoms. The summed E-state index contributed by atoms with van der Waals surface area (Å²) >= 11 is 0. The second kappa shape index (κ2) is 7.23. The molecule has 0 bridgehead atoms. The zero-order valence-electron chi connectivity index (χ0n) is 14.6. The van der Waals surface area contributed by atoms with E-state index in [0.29, 0.717) is 11.1 Å². The molecule has 0 amide bonds. The fraction of sp³-hybridized carbons (Fsp3) is 0.350. The number of dihydropyridines is 1. The highest BCUT2D eigenvalue weighted by Crippen LogP contribution is 2.36. The fourth-order valence-electron chi connectivity index (χ4n) is 3.34. The third kappa shape index (κ3) is 3.02. The molecule has 0 saturated heterocycles. The lowest BCUT2D eigenvalue weighted by Gasteiger charge is -2.28. The van der Waals surface area contributed by atoms with E-state index in [1.807, 2.05) is 31.2 Å². The number of benzene rings is 1. The maximum atomic E-state index is 9.84. The normalized spacial score (nSPS) is 17.4. The van der Waals surface area contributed by atoms with E-state index >= 15 is 0 Å². The number of unbranched alkanes of at least 4 members (excludes halogenated alkanes) is 2. The van der Waals surface area contributed by atoms with Crippen molar-refractivity contribution < 1.29 is 0 Å². The predicted molar refractivity (Wildman–Crippen MR) is 97.0 cm³/mol. The Hall–Kier alpha value is -3.05. The van der Waals surface area contributed by atoms with Gasteiger partial charge in [-0.3, -0.25) is 4.68 Å². The number of aromatic nitrogens is 2. The van der Waals surface area contributed by atoms with Crippen LogP contribution in [0.1, 0.15) is 45.6 Å². The van der Waals surface area contributed by atoms with Crippen molar-refractivity contribution in [1.82, 2.24) is 15.1 Å². The Morgan fingerprint density at radius 1 is 1.16 bits per heavy atom. The first-order valence-electron chi connectivity index (χ1n) is 8.64. The molecular weight excluding hydrogens is 310 g/mol. The summed E-state index contributed by atoms with van der Waals surface area (Å²) in [5.41, 5.74) is 3.78. The largest absolute Gasteiger partial charge is 0.361 e. The number of rotatable bonds is 5. The molecule has 0 fully saturated rings. The molecule has 0 spiro atoms. The molecule has 1 unspecified atom stereocenters. The van der Waals surface area contributed by atoms with Gasteiger partial charge in [0, 0.05) is 16.8 Å². The van der Waals surface area contributed by atoms with Crippen LogP contribution in [0.25, 0.3) is 10.9 Å². The van der Waals surface area contributed by atoms with E-state index in [1.54, 1.807) is 10.9 Å². The van der Waals surface area contributed by atoms with E-state index in [2.05, 4.69) is 29.5 Å². The highest BCUT2D eigenvalue weighted by Gasteiger charge is 2.31. The quantitative estimate of drug-likeness (QED) is 0.827. The van der Waals surface area contributed by atoms with Crippen LogP contribution in [0.2, 0.25) is 0 Å². The summed E-state index contributed by atoms with van der Waals surface area (Å²) in [6.07, 6.45) is 5.86. The van der Waals surface area contributed by atoms with Gasteiger partial charge in [-0.05, 0) is 25.8 Å². The number of nitrogens with one attached hydrogen (secondary N) is 1. The molecule has 126 valence electrons. The first-order chi connectivity index (χ1) is 12.2. The maximum absolute atomic E-state index is 9.84. The molecule has 1 aliphatic rings. The smallest absolute Gasteiger partial charge is 0.126 e. The Morgan fingerprint density at radius 2 is 1.92 bits per heavy atom. The fourth-order valence-corrected chi connectivity index (χ4v) is 3.34. The van der Waals surface area contributed by atoms with E-state index in [4.69, 9.17) is 0 Å². The number of hydrogen-bond donors (Lipinski definition) is 1. The van der Waals surface area contributed by atoms with Gasteiger partial charge in [-0.1, -0.05) is 38.0 Å². The molecular formula is C20H21N5. The first-order valence-corrected chi connectivity index (χ1v) is 8.64. The van der Waals surface area contributed by atoms with Gasteiger partial charge in [0.25, 0.3) is 0 Å². The number of para-hydroxylation sites is 1. The molecule has 1 N–H and O–H groups in total. The molecule has 2 heterocycles. The summed E-state index contributed by atoms with van der Waals surface area (Å²) in [6, 6.07) is 12.0. The Balaban J connectivity index is 2.13. The molecule has 1 aliphatic heterocycles. The summed E-state index contributed by atoms with van der Waals surface area (Å²) < 4.78 is 1.80. The average Bonchev–Trinajstić information content (AvgIpc) is 3.05. The maximum Gasteiger partial charge on any atom is 0.126 e. The Bertz CT molecular complexity index is 933. The van der Waals surface area contributed by atoms with Crippen LogP contribution in [0.15, 0.2) is 53.0 Å². The summed E-state index contributed by atoms with van der Waals surface area (Å²) in [4.78, 5) is 0. The van der Waals surface area contributed by atoms with Crippen molar-refractivity contribution in [3.05, 3.63) is 53.0 Å². The van der Waals surface area contributed by atoms with Crippen molar-refractivity contribution in [3.63, 3.8) is 0 Å². The first kappa shape index (κ1) is 16.8. The van der Waals surface area contributed by atoms with Crippen LogP contribution in [0.5, 0.6) is 0 Å². The average molecular weight is 331 g/mol. The lowest BCUT2D eigenvalue weighted by molar-refractivity contribution is 0.574. The van der Waals surface area contributed by atoms with Gasteiger partial charge in [-0.15, -0.1) is 0 Å². The lowest BCUT2D eigenvalue weighted by Crippen LogP contribution is -2.28. The van der Waals surface area contributed by atoms with E-state index in [9.17, 15) is 10.5 Å². The standard InChI is InChI=1S/C20H21N5/c1-3-4-5-9-18-17(12-22)20(16(11-21)14(2)24-18)25-19-10-7-6-8-15(19)13-23-25/h6-8,10,13,20,24H,3-5,9H2,1-2H3. The third-order valence-corrected chi connectivity index (χ3v) is 4.63. The van der Waals surface area contributed by atoms with Crippen LogP contribution in [0, 0.1) is 22.7 Å². The van der Waals surface area contributed by atoms with Gasteiger partial charge < -0.3 is 5.32 Å². The molecule has 0 aliphatic carbocycles. The van der Waals surface area contributed by atoms with Gasteiger partial charge in [0.2, 0.25) is 0 Å². The molecule has 3 rings (SSSR count). The zero-order valence-corrected chi connectivity index (χ0v) is 14.6. The van der Waals surface area contributed by atoms with E-state index in [1.165, 1.54) is 0 Å². The van der Waals surface area contributed by atoms with E-state index in [-0.39, 0.29) is 0 Å². The van der Waals surface area contributed by atoms with Crippen LogP contribution in [0.3, 0.4) is 0 Å². The van der Waals surface area contributed by atoms with Crippen LogP contribution in [-0.4, -0.2) is 9.78 Å². The Labute approximate surface area is 147 Å². The summed E-state index contributed by atoms with van der Waals surface area (Å²) in [7, 11) is 0. The highest BCUT2D eigenvalue weighted by atomic mass is 15.3. The summed E-state index contributed by atoms with van der Waals surface area (Å²) in [5, 5.41) is 28.3. The van der Waals surface area contributed by atoms with Crippen molar-refractivity contribution in [3.8, 4) is 12.1 Å². The molecule has 5 nitrogen and oxygen atoms in total. The summed E-state index contributed by atoms with van der Waals surface area (Å²) in [5.74, 6) is 0. The van der Waals surface area contributed by atoms with Gasteiger partial charge in [0.15, 0.2) is 0 Å². The summed E-state index contributed by atoms with van der Waals surface area (Å²) in [6.45, 7) is 4.05. The highest BCUT2D eigenvalue weighted by molar-refractivity contribution is 5.79. The molecule has 0 radical (unpaired) electrons. The van der Waals surface area contributed by atoms with Crippen LogP contribution < -0.4 is 5.32 Å². The van der Waals surface area contributed by atoms with Gasteiger partial charge in [-0.2, -0.15) is 15.6 Å². The second-order valence-electron chi connectivity index (χ2n) is 6.29. The Morgan fingerprint density at radius 3 is 2.64 bits per heavy atom. The Kier molecular flexibility index (Phi) is 4.86. The van der Waals surface area contributed by atoms with Crippen molar-refractivity contribution in [1.29, 1.82) is 10.5 Å². The van der Waals surface area contributed by atoms with Gasteiger partial charge in [-0.25, -0.2) is 0 Å². The minimum Gasteiger partial charge on any atom is -0.361 e. The van der Waals surface area contributed by atoms with Gasteiger partial charge >= 0.3 is 0 Å². The zero-order chi connectivity index (χ0) is 17.8. The minimum atomic E-state index is -0.465. The molecule has 1 atom stereocenters. The van der Waals surface area contributed by atoms with Crippen LogP contribution >= 0.6 is 0 Å². The van der Waals surface area contributed by atoms with Gasteiger partial charge in [0.05, 0.1) is 35.0 Å². The second-order valence-corrected chi connectivity index (χ2v) is 6.29. The molecule has 1 aromatic heterocycles. The number of hydrogen-bond acceptors (Lipinski definition) is 4. The molecule has 2 aromatic rings. The van der Waals surface area contributed by atoms with Crippen molar-refractivity contribution >= 4 is 10.9 Å². The molecule has 1 aromatic carbocycles. The molecule has 0 saturated carbocycles. The molecule has 5 heteroatoms. The van der Waals surface area contributed by atoms with Crippen molar-refractivity contribution in [2.45, 2.75) is 45.6 Å².